The monoisotopic (exact) mass is 256 g/mol. The van der Waals surface area contributed by atoms with Crippen LogP contribution in [0.4, 0.5) is 11.6 Å². The number of thiazole rings is 1. The fourth-order valence-electron chi connectivity index (χ4n) is 1.54. The predicted octanol–water partition coefficient (Wildman–Crippen LogP) is 1.49. The molecule has 0 aromatic carbocycles. The first-order chi connectivity index (χ1) is 8.13. The van der Waals surface area contributed by atoms with Crippen LogP contribution < -0.4 is 5.32 Å². The SMILES string of the molecule is CC(CCO)Nc1nc2sccn2c1[N+](=O)[O-]. The summed E-state index contributed by atoms with van der Waals surface area (Å²) < 4.78 is 1.44. The zero-order chi connectivity index (χ0) is 12.4. The van der Waals surface area contributed by atoms with E-state index in [0.717, 1.165) is 0 Å². The van der Waals surface area contributed by atoms with Crippen molar-refractivity contribution in [3.8, 4) is 0 Å². The molecule has 0 saturated heterocycles. The first-order valence-corrected chi connectivity index (χ1v) is 5.98. The molecule has 1 unspecified atom stereocenters. The predicted molar refractivity (Wildman–Crippen MR) is 64.5 cm³/mol. The maximum Gasteiger partial charge on any atom is 0.372 e. The van der Waals surface area contributed by atoms with Gasteiger partial charge in [-0.3, -0.25) is 0 Å². The van der Waals surface area contributed by atoms with E-state index in [1.54, 1.807) is 11.6 Å². The minimum absolute atomic E-state index is 0.0319. The molecule has 2 aromatic rings. The van der Waals surface area contributed by atoms with E-state index in [9.17, 15) is 10.1 Å². The summed E-state index contributed by atoms with van der Waals surface area (Å²) in [5.41, 5.74) is 0. The lowest BCUT2D eigenvalue weighted by molar-refractivity contribution is -0.389. The van der Waals surface area contributed by atoms with Gasteiger partial charge in [-0.25, -0.2) is 0 Å². The molecule has 2 rings (SSSR count). The summed E-state index contributed by atoms with van der Waals surface area (Å²) in [6.07, 6.45) is 2.13. The lowest BCUT2D eigenvalue weighted by atomic mass is 10.2. The molecule has 0 fully saturated rings. The van der Waals surface area contributed by atoms with Crippen LogP contribution in [0.5, 0.6) is 0 Å². The fourth-order valence-corrected chi connectivity index (χ4v) is 2.25. The number of fused-ring (bicyclic) bond motifs is 1. The minimum atomic E-state index is -0.458. The highest BCUT2D eigenvalue weighted by molar-refractivity contribution is 7.15. The van der Waals surface area contributed by atoms with Crippen molar-refractivity contribution in [2.75, 3.05) is 11.9 Å². The van der Waals surface area contributed by atoms with Crippen LogP contribution >= 0.6 is 11.3 Å². The second-order valence-electron chi connectivity index (χ2n) is 3.65. The Balaban J connectivity index is 2.35. The van der Waals surface area contributed by atoms with E-state index in [1.807, 2.05) is 6.92 Å². The number of nitro groups is 1. The fraction of sp³-hybridized carbons (Fsp3) is 0.444. The van der Waals surface area contributed by atoms with Crippen LogP contribution in [0.15, 0.2) is 11.6 Å². The molecule has 8 heteroatoms. The van der Waals surface area contributed by atoms with Gasteiger partial charge in [0.1, 0.15) is 6.20 Å². The number of aromatic nitrogens is 2. The van der Waals surface area contributed by atoms with Crippen LogP contribution in [0.25, 0.3) is 4.96 Å². The first-order valence-electron chi connectivity index (χ1n) is 5.11. The molecule has 7 nitrogen and oxygen atoms in total. The van der Waals surface area contributed by atoms with E-state index in [1.165, 1.54) is 15.7 Å². The van der Waals surface area contributed by atoms with Gasteiger partial charge in [-0.2, -0.15) is 9.38 Å². The maximum absolute atomic E-state index is 11.0. The number of nitrogens with zero attached hydrogens (tertiary/aromatic N) is 3. The molecule has 17 heavy (non-hydrogen) atoms. The Morgan fingerprint density at radius 1 is 1.76 bits per heavy atom. The van der Waals surface area contributed by atoms with Crippen LogP contribution in [-0.2, 0) is 0 Å². The van der Waals surface area contributed by atoms with Crippen LogP contribution in [0, 0.1) is 10.1 Å². The lowest BCUT2D eigenvalue weighted by Crippen LogP contribution is -2.17. The van der Waals surface area contributed by atoms with Crippen molar-refractivity contribution >= 4 is 27.9 Å². The molecule has 0 saturated carbocycles. The number of hydrogen-bond acceptors (Lipinski definition) is 6. The summed E-state index contributed by atoms with van der Waals surface area (Å²) in [6.45, 7) is 1.87. The topological polar surface area (TPSA) is 92.7 Å². The van der Waals surface area contributed by atoms with Crippen LogP contribution in [0.1, 0.15) is 13.3 Å². The third-order valence-corrected chi connectivity index (χ3v) is 3.11. The van der Waals surface area contributed by atoms with Crippen LogP contribution in [0.3, 0.4) is 0 Å². The van der Waals surface area contributed by atoms with E-state index in [2.05, 4.69) is 10.3 Å². The van der Waals surface area contributed by atoms with Crippen molar-refractivity contribution in [2.45, 2.75) is 19.4 Å². The Morgan fingerprint density at radius 2 is 2.53 bits per heavy atom. The smallest absolute Gasteiger partial charge is 0.372 e. The van der Waals surface area contributed by atoms with Crippen molar-refractivity contribution in [1.29, 1.82) is 0 Å². The summed E-state index contributed by atoms with van der Waals surface area (Å²) in [5, 5.41) is 24.5. The van der Waals surface area contributed by atoms with Gasteiger partial charge >= 0.3 is 5.82 Å². The van der Waals surface area contributed by atoms with Crippen molar-refractivity contribution < 1.29 is 10.0 Å². The Labute approximate surface area is 101 Å². The molecule has 1 atom stereocenters. The molecule has 0 spiro atoms. The van der Waals surface area contributed by atoms with Crippen LogP contribution in [-0.4, -0.2) is 32.1 Å². The molecule has 2 heterocycles. The van der Waals surface area contributed by atoms with Crippen molar-refractivity contribution in [1.82, 2.24) is 9.38 Å². The van der Waals surface area contributed by atoms with Gasteiger partial charge in [0.05, 0.1) is 0 Å². The Hall–Kier alpha value is -1.67. The van der Waals surface area contributed by atoms with E-state index < -0.39 is 4.92 Å². The van der Waals surface area contributed by atoms with Gasteiger partial charge in [-0.15, -0.1) is 0 Å². The molecule has 92 valence electrons. The number of aliphatic hydroxyl groups is 1. The molecule has 0 radical (unpaired) electrons. The van der Waals surface area contributed by atoms with Crippen molar-refractivity contribution in [2.24, 2.45) is 0 Å². The second kappa shape index (κ2) is 4.68. The van der Waals surface area contributed by atoms with Gasteiger partial charge in [0, 0.05) is 18.0 Å². The third-order valence-electron chi connectivity index (χ3n) is 2.36. The van der Waals surface area contributed by atoms with Gasteiger partial charge in [-0.05, 0) is 18.3 Å². The normalized spacial score (nSPS) is 12.8. The van der Waals surface area contributed by atoms with E-state index in [-0.39, 0.29) is 24.3 Å². The highest BCUT2D eigenvalue weighted by Crippen LogP contribution is 2.28. The molecule has 0 bridgehead atoms. The molecule has 0 aliphatic carbocycles. The summed E-state index contributed by atoms with van der Waals surface area (Å²) in [5.74, 6) is 0.189. The highest BCUT2D eigenvalue weighted by Gasteiger charge is 2.24. The van der Waals surface area contributed by atoms with E-state index in [4.69, 9.17) is 5.11 Å². The standard InChI is InChI=1S/C9H12N4O3S/c1-6(2-4-14)10-7-8(13(15)16)12-3-5-17-9(12)11-7/h3,5-6,10,14H,2,4H2,1H3. The molecular weight excluding hydrogens is 244 g/mol. The summed E-state index contributed by atoms with van der Waals surface area (Å²) in [4.78, 5) is 15.3. The first kappa shape index (κ1) is 11.8. The molecule has 0 aliphatic rings. The second-order valence-corrected chi connectivity index (χ2v) is 4.53. The summed E-state index contributed by atoms with van der Waals surface area (Å²) >= 11 is 1.34. The van der Waals surface area contributed by atoms with Gasteiger partial charge in [-0.1, -0.05) is 11.3 Å². The molecule has 2 N–H and O–H groups in total. The maximum atomic E-state index is 11.0. The number of aliphatic hydroxyl groups excluding tert-OH is 1. The summed E-state index contributed by atoms with van der Waals surface area (Å²) in [6, 6.07) is -0.0664. The van der Waals surface area contributed by atoms with Crippen molar-refractivity contribution in [3.05, 3.63) is 21.7 Å². The number of anilines is 1. The summed E-state index contributed by atoms with van der Waals surface area (Å²) in [7, 11) is 0. The number of rotatable bonds is 5. The van der Waals surface area contributed by atoms with E-state index >= 15 is 0 Å². The number of hydrogen-bond donors (Lipinski definition) is 2. The lowest BCUT2D eigenvalue weighted by Gasteiger charge is -2.10. The number of imidazole rings is 1. The van der Waals surface area contributed by atoms with Gasteiger partial charge in [0.2, 0.25) is 5.82 Å². The molecule has 2 aromatic heterocycles. The Morgan fingerprint density at radius 3 is 3.18 bits per heavy atom. The molecular formula is C9H12N4O3S. The largest absolute Gasteiger partial charge is 0.396 e. The Bertz CT molecular complexity index is 535. The van der Waals surface area contributed by atoms with E-state index in [0.29, 0.717) is 11.4 Å². The average molecular weight is 256 g/mol. The zero-order valence-corrected chi connectivity index (χ0v) is 9.98. The highest BCUT2D eigenvalue weighted by atomic mass is 32.1. The van der Waals surface area contributed by atoms with Crippen LogP contribution in [0.2, 0.25) is 0 Å². The molecule has 0 amide bonds. The van der Waals surface area contributed by atoms with Gasteiger partial charge < -0.3 is 20.5 Å². The van der Waals surface area contributed by atoms with Gasteiger partial charge in [0.15, 0.2) is 0 Å². The minimum Gasteiger partial charge on any atom is -0.396 e. The third kappa shape index (κ3) is 2.22. The van der Waals surface area contributed by atoms with Gasteiger partial charge in [0.25, 0.3) is 4.96 Å². The van der Waals surface area contributed by atoms with Crippen molar-refractivity contribution in [3.63, 3.8) is 0 Å². The Kier molecular flexibility index (Phi) is 3.25. The average Bonchev–Trinajstić information content (AvgIpc) is 2.76. The number of nitrogens with one attached hydrogen (secondary N) is 1. The molecule has 0 aliphatic heterocycles. The quantitative estimate of drug-likeness (QED) is 0.624. The zero-order valence-electron chi connectivity index (χ0n) is 9.16.